The van der Waals surface area contributed by atoms with Gasteiger partial charge < -0.3 is 19.8 Å². The summed E-state index contributed by atoms with van der Waals surface area (Å²) in [5, 5.41) is 18.3. The zero-order chi connectivity index (χ0) is 11.4. The van der Waals surface area contributed by atoms with Gasteiger partial charge in [0.05, 0.1) is 14.2 Å². The SMILES string of the molecule is COc1cc(CNO)c(O)c(Br)c1OC. The fraction of sp³-hybridized carbons (Fsp3) is 0.333. The minimum atomic E-state index is 0.00852. The number of ether oxygens (including phenoxy) is 2. The van der Waals surface area contributed by atoms with Crippen LogP contribution in [-0.2, 0) is 6.54 Å². The number of halogens is 1. The maximum Gasteiger partial charge on any atom is 0.178 e. The number of methoxy groups -OCH3 is 2. The quantitative estimate of drug-likeness (QED) is 0.730. The highest BCUT2D eigenvalue weighted by molar-refractivity contribution is 9.10. The van der Waals surface area contributed by atoms with Gasteiger partial charge in [0.15, 0.2) is 11.5 Å². The third kappa shape index (κ3) is 2.34. The molecule has 0 saturated carbocycles. The second kappa shape index (κ2) is 5.20. The molecule has 0 aliphatic rings. The molecule has 84 valence electrons. The van der Waals surface area contributed by atoms with Crippen molar-refractivity contribution < 1.29 is 19.8 Å². The summed E-state index contributed by atoms with van der Waals surface area (Å²) in [6.45, 7) is 0.116. The van der Waals surface area contributed by atoms with E-state index in [0.717, 1.165) is 0 Å². The third-order valence-electron chi connectivity index (χ3n) is 1.93. The highest BCUT2D eigenvalue weighted by Gasteiger charge is 2.16. The van der Waals surface area contributed by atoms with Crippen molar-refractivity contribution in [2.24, 2.45) is 0 Å². The van der Waals surface area contributed by atoms with Crippen molar-refractivity contribution in [2.75, 3.05) is 14.2 Å². The Hall–Kier alpha value is -0.980. The van der Waals surface area contributed by atoms with E-state index < -0.39 is 0 Å². The van der Waals surface area contributed by atoms with Gasteiger partial charge >= 0.3 is 0 Å². The molecule has 0 heterocycles. The van der Waals surface area contributed by atoms with Crippen molar-refractivity contribution in [1.82, 2.24) is 5.48 Å². The maximum atomic E-state index is 9.73. The second-order valence-corrected chi connectivity index (χ2v) is 3.56. The first kappa shape index (κ1) is 12.1. The lowest BCUT2D eigenvalue weighted by Crippen LogP contribution is -2.07. The molecule has 0 aromatic heterocycles. The van der Waals surface area contributed by atoms with Crippen LogP contribution >= 0.6 is 15.9 Å². The molecule has 0 aliphatic heterocycles. The van der Waals surface area contributed by atoms with Crippen LogP contribution < -0.4 is 15.0 Å². The Morgan fingerprint density at radius 3 is 2.53 bits per heavy atom. The number of benzene rings is 1. The van der Waals surface area contributed by atoms with Gasteiger partial charge in [-0.1, -0.05) is 0 Å². The van der Waals surface area contributed by atoms with Gasteiger partial charge in [-0.15, -0.1) is 0 Å². The molecule has 1 rings (SSSR count). The van der Waals surface area contributed by atoms with Crippen molar-refractivity contribution in [3.8, 4) is 17.2 Å². The molecule has 1 aromatic rings. The number of hydrogen-bond acceptors (Lipinski definition) is 5. The number of rotatable bonds is 4. The molecule has 0 bridgehead atoms. The minimum absolute atomic E-state index is 0.00852. The van der Waals surface area contributed by atoms with Crippen LogP contribution in [0.2, 0.25) is 0 Å². The normalized spacial score (nSPS) is 10.1. The highest BCUT2D eigenvalue weighted by atomic mass is 79.9. The summed E-state index contributed by atoms with van der Waals surface area (Å²) < 4.78 is 10.5. The van der Waals surface area contributed by atoms with E-state index in [0.29, 0.717) is 21.5 Å². The fourth-order valence-corrected chi connectivity index (χ4v) is 1.82. The second-order valence-electron chi connectivity index (χ2n) is 2.77. The lowest BCUT2D eigenvalue weighted by molar-refractivity contribution is 0.160. The first-order valence-electron chi connectivity index (χ1n) is 4.15. The van der Waals surface area contributed by atoms with E-state index in [2.05, 4.69) is 15.9 Å². The third-order valence-corrected chi connectivity index (χ3v) is 2.67. The lowest BCUT2D eigenvalue weighted by Gasteiger charge is -2.13. The molecule has 3 N–H and O–H groups in total. The summed E-state index contributed by atoms with van der Waals surface area (Å²) in [7, 11) is 2.98. The Labute approximate surface area is 95.7 Å². The fourth-order valence-electron chi connectivity index (χ4n) is 1.21. The summed E-state index contributed by atoms with van der Waals surface area (Å²) in [4.78, 5) is 0. The predicted molar refractivity (Wildman–Crippen MR) is 57.5 cm³/mol. The molecule has 6 heteroatoms. The molecular formula is C9H12BrNO4. The predicted octanol–water partition coefficient (Wildman–Crippen LogP) is 1.65. The molecule has 0 fully saturated rings. The molecule has 0 spiro atoms. The summed E-state index contributed by atoms with van der Waals surface area (Å²) in [6, 6.07) is 1.59. The van der Waals surface area contributed by atoms with E-state index in [4.69, 9.17) is 14.7 Å². The van der Waals surface area contributed by atoms with Crippen molar-refractivity contribution in [3.63, 3.8) is 0 Å². The van der Waals surface area contributed by atoms with Crippen LogP contribution in [0.25, 0.3) is 0 Å². The minimum Gasteiger partial charge on any atom is -0.506 e. The highest BCUT2D eigenvalue weighted by Crippen LogP contribution is 2.43. The molecule has 0 radical (unpaired) electrons. The zero-order valence-corrected chi connectivity index (χ0v) is 9.96. The van der Waals surface area contributed by atoms with Gasteiger partial charge in [-0.2, -0.15) is 0 Å². The zero-order valence-electron chi connectivity index (χ0n) is 8.37. The number of phenols is 1. The summed E-state index contributed by atoms with van der Waals surface area (Å²) in [6.07, 6.45) is 0. The van der Waals surface area contributed by atoms with Crippen molar-refractivity contribution in [1.29, 1.82) is 0 Å². The monoisotopic (exact) mass is 277 g/mol. The molecular weight excluding hydrogens is 266 g/mol. The van der Waals surface area contributed by atoms with Gasteiger partial charge in [-0.05, 0) is 22.0 Å². The van der Waals surface area contributed by atoms with Crippen molar-refractivity contribution >= 4 is 15.9 Å². The van der Waals surface area contributed by atoms with E-state index in [-0.39, 0.29) is 12.3 Å². The van der Waals surface area contributed by atoms with Crippen LogP contribution in [0.3, 0.4) is 0 Å². The van der Waals surface area contributed by atoms with E-state index in [1.807, 2.05) is 5.48 Å². The number of aromatic hydroxyl groups is 1. The van der Waals surface area contributed by atoms with Crippen LogP contribution in [0, 0.1) is 0 Å². The number of nitrogens with one attached hydrogen (secondary N) is 1. The molecule has 1 aromatic carbocycles. The lowest BCUT2D eigenvalue weighted by atomic mass is 10.1. The molecule has 5 nitrogen and oxygen atoms in total. The van der Waals surface area contributed by atoms with Crippen LogP contribution in [0.5, 0.6) is 17.2 Å². The molecule has 0 atom stereocenters. The van der Waals surface area contributed by atoms with Gasteiger partial charge in [0, 0.05) is 12.1 Å². The molecule has 0 aliphatic carbocycles. The van der Waals surface area contributed by atoms with E-state index in [1.54, 1.807) is 6.07 Å². The smallest absolute Gasteiger partial charge is 0.178 e. The van der Waals surface area contributed by atoms with Crippen LogP contribution in [0.1, 0.15) is 5.56 Å². The Morgan fingerprint density at radius 2 is 2.07 bits per heavy atom. The molecule has 0 amide bonds. The molecule has 15 heavy (non-hydrogen) atoms. The Morgan fingerprint density at radius 1 is 1.40 bits per heavy atom. The first-order valence-corrected chi connectivity index (χ1v) is 4.94. The van der Waals surface area contributed by atoms with Crippen LogP contribution in [0.15, 0.2) is 10.5 Å². The topological polar surface area (TPSA) is 71.0 Å². The Kier molecular flexibility index (Phi) is 4.19. The average Bonchev–Trinajstić information content (AvgIpc) is 2.24. The molecule has 0 unspecified atom stereocenters. The summed E-state index contributed by atoms with van der Waals surface area (Å²) in [5.41, 5.74) is 2.47. The first-order chi connectivity index (χ1) is 7.15. The largest absolute Gasteiger partial charge is 0.506 e. The number of hydroxylamine groups is 1. The Bertz CT molecular complexity index is 356. The van der Waals surface area contributed by atoms with E-state index in [1.165, 1.54) is 14.2 Å². The number of phenolic OH excluding ortho intramolecular Hbond substituents is 1. The van der Waals surface area contributed by atoms with Gasteiger partial charge in [0.25, 0.3) is 0 Å². The maximum absolute atomic E-state index is 9.73. The molecule has 0 saturated heterocycles. The summed E-state index contributed by atoms with van der Waals surface area (Å²) >= 11 is 3.19. The van der Waals surface area contributed by atoms with E-state index in [9.17, 15) is 5.11 Å². The van der Waals surface area contributed by atoms with Crippen molar-refractivity contribution in [3.05, 3.63) is 16.1 Å². The average molecular weight is 278 g/mol. The van der Waals surface area contributed by atoms with Gasteiger partial charge in [0.2, 0.25) is 0 Å². The Balaban J connectivity index is 3.29. The van der Waals surface area contributed by atoms with Gasteiger partial charge in [-0.3, -0.25) is 0 Å². The van der Waals surface area contributed by atoms with Gasteiger partial charge in [-0.25, -0.2) is 5.48 Å². The van der Waals surface area contributed by atoms with Gasteiger partial charge in [0.1, 0.15) is 10.2 Å². The van der Waals surface area contributed by atoms with Crippen LogP contribution in [0.4, 0.5) is 0 Å². The van der Waals surface area contributed by atoms with E-state index >= 15 is 0 Å². The standard InChI is InChI=1S/C9H12BrNO4/c1-14-6-3-5(4-11-13)8(12)7(10)9(6)15-2/h3,11-13H,4H2,1-2H3. The number of hydrogen-bond donors (Lipinski definition) is 3. The van der Waals surface area contributed by atoms with Crippen LogP contribution in [-0.4, -0.2) is 24.5 Å². The van der Waals surface area contributed by atoms with Crippen molar-refractivity contribution in [2.45, 2.75) is 6.54 Å². The summed E-state index contributed by atoms with van der Waals surface area (Å²) in [5.74, 6) is 0.901.